The van der Waals surface area contributed by atoms with Crippen molar-refractivity contribution in [2.75, 3.05) is 0 Å². The number of carbonyl (C=O) groups is 3. The Kier molecular flexibility index (Phi) is 5.96. The highest BCUT2D eigenvalue weighted by molar-refractivity contribution is 5.88. The van der Waals surface area contributed by atoms with E-state index in [1.807, 2.05) is 11.2 Å². The normalized spacial score (nSPS) is 12.5. The Labute approximate surface area is 126 Å². The van der Waals surface area contributed by atoms with Crippen LogP contribution < -0.4 is 5.32 Å². The number of ether oxygens (including phenoxy) is 1. The monoisotopic (exact) mass is 305 g/mol. The van der Waals surface area contributed by atoms with E-state index < -0.39 is 36.4 Å². The first-order valence-electron chi connectivity index (χ1n) is 6.31. The van der Waals surface area contributed by atoms with E-state index in [0.29, 0.717) is 5.56 Å². The van der Waals surface area contributed by atoms with E-state index >= 15 is 0 Å². The molecule has 0 saturated heterocycles. The molecule has 1 rings (SSSR count). The molecule has 3 N–H and O–H groups in total. The van der Waals surface area contributed by atoms with Gasteiger partial charge in [-0.2, -0.15) is 0 Å². The van der Waals surface area contributed by atoms with Crippen LogP contribution in [0.1, 0.15) is 18.4 Å². The lowest BCUT2D eigenvalue weighted by molar-refractivity contribution is -0.143. The minimum absolute atomic E-state index is 0.0636. The van der Waals surface area contributed by atoms with Crippen LogP contribution in [0.5, 0.6) is 0 Å². The third-order valence-corrected chi connectivity index (χ3v) is 2.85. The molecule has 1 aromatic rings. The van der Waals surface area contributed by atoms with Gasteiger partial charge in [0, 0.05) is 12.8 Å². The third-order valence-electron chi connectivity index (χ3n) is 2.85. The fourth-order valence-corrected chi connectivity index (χ4v) is 1.62. The maximum atomic E-state index is 11.7. The maximum absolute atomic E-state index is 11.7. The average Bonchev–Trinajstić information content (AvgIpc) is 2.50. The number of alkyl carbamates (subject to hydrolysis) is 1. The maximum Gasteiger partial charge on any atom is 0.409 e. The molecule has 0 fully saturated rings. The van der Waals surface area contributed by atoms with Crippen molar-refractivity contribution in [2.45, 2.75) is 25.0 Å². The van der Waals surface area contributed by atoms with Crippen molar-refractivity contribution in [3.8, 4) is 12.3 Å². The van der Waals surface area contributed by atoms with Gasteiger partial charge in [0.15, 0.2) is 0 Å². The zero-order chi connectivity index (χ0) is 16.6. The molecule has 0 aliphatic rings. The van der Waals surface area contributed by atoms with E-state index in [-0.39, 0.29) is 6.61 Å². The standard InChI is InChI=1S/C15H15NO6/c1-2-15(13(19)20,9-8-12(17)18)16-14(21)22-10-11-6-4-3-5-7-11/h1,3-7H,8-10H2,(H,16,21)(H,17,18)(H,19,20). The molecule has 0 bridgehead atoms. The molecule has 1 atom stereocenters. The van der Waals surface area contributed by atoms with Crippen molar-refractivity contribution in [2.24, 2.45) is 0 Å². The van der Waals surface area contributed by atoms with Crippen LogP contribution in [0, 0.1) is 12.3 Å². The summed E-state index contributed by atoms with van der Waals surface area (Å²) in [5.41, 5.74) is -1.41. The molecule has 0 aromatic heterocycles. The Balaban J connectivity index is 2.69. The smallest absolute Gasteiger partial charge is 0.409 e. The van der Waals surface area contributed by atoms with Crippen molar-refractivity contribution in [3.05, 3.63) is 35.9 Å². The van der Waals surface area contributed by atoms with Gasteiger partial charge in [0.1, 0.15) is 6.61 Å². The summed E-state index contributed by atoms with van der Waals surface area (Å²) in [6, 6.07) is 8.76. The highest BCUT2D eigenvalue weighted by Crippen LogP contribution is 2.14. The lowest BCUT2D eigenvalue weighted by Gasteiger charge is -2.24. The third kappa shape index (κ3) is 4.83. The van der Waals surface area contributed by atoms with E-state index in [2.05, 4.69) is 0 Å². The van der Waals surface area contributed by atoms with E-state index in [9.17, 15) is 14.4 Å². The average molecular weight is 305 g/mol. The van der Waals surface area contributed by atoms with Crippen LogP contribution in [0.3, 0.4) is 0 Å². The zero-order valence-electron chi connectivity index (χ0n) is 11.6. The number of carboxylic acid groups (broad SMARTS) is 2. The first kappa shape index (κ1) is 17.0. The number of hydrogen-bond donors (Lipinski definition) is 3. The summed E-state index contributed by atoms with van der Waals surface area (Å²) in [6.07, 6.45) is 3.17. The van der Waals surface area contributed by atoms with E-state index in [4.69, 9.17) is 21.4 Å². The predicted octanol–water partition coefficient (Wildman–Crippen LogP) is 1.23. The topological polar surface area (TPSA) is 113 Å². The van der Waals surface area contributed by atoms with Gasteiger partial charge in [0.05, 0.1) is 0 Å². The molecule has 7 heteroatoms. The summed E-state index contributed by atoms with van der Waals surface area (Å²) in [4.78, 5) is 33.5. The van der Waals surface area contributed by atoms with Crippen LogP contribution in [-0.4, -0.2) is 33.8 Å². The zero-order valence-corrected chi connectivity index (χ0v) is 11.6. The van der Waals surface area contributed by atoms with Crippen molar-refractivity contribution >= 4 is 18.0 Å². The molecule has 22 heavy (non-hydrogen) atoms. The Morgan fingerprint density at radius 2 is 1.86 bits per heavy atom. The van der Waals surface area contributed by atoms with Gasteiger partial charge in [-0.3, -0.25) is 10.1 Å². The molecule has 0 spiro atoms. The van der Waals surface area contributed by atoms with Crippen LogP contribution in [0.4, 0.5) is 4.79 Å². The Bertz CT molecular complexity index is 592. The minimum Gasteiger partial charge on any atom is -0.481 e. The van der Waals surface area contributed by atoms with Gasteiger partial charge in [-0.25, -0.2) is 9.59 Å². The molecule has 1 aromatic carbocycles. The fraction of sp³-hybridized carbons (Fsp3) is 0.267. The Hall–Kier alpha value is -3.01. The number of benzene rings is 1. The van der Waals surface area contributed by atoms with Crippen molar-refractivity contribution in [1.82, 2.24) is 5.32 Å². The van der Waals surface area contributed by atoms with E-state index in [1.54, 1.807) is 30.3 Å². The number of hydrogen-bond acceptors (Lipinski definition) is 4. The molecule has 1 unspecified atom stereocenters. The number of terminal acetylenes is 1. The summed E-state index contributed by atoms with van der Waals surface area (Å²) in [5, 5.41) is 19.8. The van der Waals surface area contributed by atoms with Gasteiger partial charge in [0.25, 0.3) is 0 Å². The summed E-state index contributed by atoms with van der Waals surface area (Å²) in [6.45, 7) is -0.0636. The second kappa shape index (κ2) is 7.69. The molecule has 0 saturated carbocycles. The Morgan fingerprint density at radius 3 is 2.36 bits per heavy atom. The second-order valence-electron chi connectivity index (χ2n) is 4.44. The number of aliphatic carboxylic acids is 2. The molecule has 0 heterocycles. The first-order valence-corrected chi connectivity index (χ1v) is 6.31. The van der Waals surface area contributed by atoms with Crippen LogP contribution in [-0.2, 0) is 20.9 Å². The number of nitrogens with one attached hydrogen (secondary N) is 1. The van der Waals surface area contributed by atoms with Crippen LogP contribution >= 0.6 is 0 Å². The molecule has 116 valence electrons. The van der Waals surface area contributed by atoms with Crippen LogP contribution in [0.25, 0.3) is 0 Å². The summed E-state index contributed by atoms with van der Waals surface area (Å²) in [5.74, 6) is -0.818. The number of carbonyl (C=O) groups excluding carboxylic acids is 1. The van der Waals surface area contributed by atoms with E-state index in [0.717, 1.165) is 0 Å². The number of amides is 1. The summed E-state index contributed by atoms with van der Waals surface area (Å²) in [7, 11) is 0. The molecule has 0 aliphatic heterocycles. The van der Waals surface area contributed by atoms with E-state index in [1.165, 1.54) is 0 Å². The van der Waals surface area contributed by atoms with Gasteiger partial charge >= 0.3 is 18.0 Å². The summed E-state index contributed by atoms with van der Waals surface area (Å²) < 4.78 is 4.89. The highest BCUT2D eigenvalue weighted by atomic mass is 16.5. The lowest BCUT2D eigenvalue weighted by atomic mass is 9.94. The second-order valence-corrected chi connectivity index (χ2v) is 4.44. The Morgan fingerprint density at radius 1 is 1.23 bits per heavy atom. The number of carboxylic acids is 2. The molecule has 7 nitrogen and oxygen atoms in total. The van der Waals surface area contributed by atoms with Crippen molar-refractivity contribution in [3.63, 3.8) is 0 Å². The van der Waals surface area contributed by atoms with Gasteiger partial charge in [-0.1, -0.05) is 36.3 Å². The summed E-state index contributed by atoms with van der Waals surface area (Å²) >= 11 is 0. The number of rotatable bonds is 7. The largest absolute Gasteiger partial charge is 0.481 e. The van der Waals surface area contributed by atoms with Gasteiger partial charge < -0.3 is 14.9 Å². The molecular weight excluding hydrogens is 290 g/mol. The molecule has 1 amide bonds. The molecule has 0 radical (unpaired) electrons. The molecular formula is C15H15NO6. The first-order chi connectivity index (χ1) is 10.4. The molecule has 0 aliphatic carbocycles. The van der Waals surface area contributed by atoms with Crippen molar-refractivity contribution in [1.29, 1.82) is 0 Å². The van der Waals surface area contributed by atoms with Crippen LogP contribution in [0.2, 0.25) is 0 Å². The lowest BCUT2D eigenvalue weighted by Crippen LogP contribution is -2.53. The predicted molar refractivity (Wildman–Crippen MR) is 75.8 cm³/mol. The van der Waals surface area contributed by atoms with Gasteiger partial charge in [0.2, 0.25) is 5.54 Å². The van der Waals surface area contributed by atoms with Crippen molar-refractivity contribution < 1.29 is 29.3 Å². The fourth-order valence-electron chi connectivity index (χ4n) is 1.62. The van der Waals surface area contributed by atoms with Crippen LogP contribution in [0.15, 0.2) is 30.3 Å². The quantitative estimate of drug-likeness (QED) is 0.653. The minimum atomic E-state index is -2.12. The van der Waals surface area contributed by atoms with Gasteiger partial charge in [-0.05, 0) is 5.56 Å². The highest BCUT2D eigenvalue weighted by Gasteiger charge is 2.39. The van der Waals surface area contributed by atoms with Gasteiger partial charge in [-0.15, -0.1) is 6.42 Å². The SMILES string of the molecule is C#CC(CCC(=O)O)(NC(=O)OCc1ccccc1)C(=O)O.